The molecule has 330 valence electrons. The van der Waals surface area contributed by atoms with Gasteiger partial charge in [-0.2, -0.15) is 9.97 Å². The molecule has 9 rings (SSSR count). The second kappa shape index (κ2) is 17.9. The molecule has 14 heteroatoms. The summed E-state index contributed by atoms with van der Waals surface area (Å²) in [6.45, 7) is 14.1. The number of carbonyl (C=O) groups excluding carboxylic acids is 1. The highest BCUT2D eigenvalue weighted by Crippen LogP contribution is 2.38. The van der Waals surface area contributed by atoms with Crippen molar-refractivity contribution in [2.24, 2.45) is 0 Å². The Morgan fingerprint density at radius 3 is 2.49 bits per heavy atom. The molecule has 0 saturated carbocycles. The molecule has 63 heavy (non-hydrogen) atoms. The number of phenols is 2. The highest BCUT2D eigenvalue weighted by Gasteiger charge is 2.37. The van der Waals surface area contributed by atoms with Crippen LogP contribution < -0.4 is 15.0 Å². The van der Waals surface area contributed by atoms with Crippen LogP contribution in [0.25, 0.3) is 32.9 Å². The Morgan fingerprint density at radius 2 is 1.78 bits per heavy atom. The number of halogens is 1. The number of hydrogen-bond donors (Lipinski definition) is 3. The predicted molar refractivity (Wildman–Crippen MR) is 244 cm³/mol. The van der Waals surface area contributed by atoms with Gasteiger partial charge in [0, 0.05) is 118 Å². The maximum atomic E-state index is 17.0. The fourth-order valence-electron chi connectivity index (χ4n) is 10.2. The fraction of sp³-hybridized carbons (Fsp3) is 0.469. The van der Waals surface area contributed by atoms with Crippen LogP contribution in [-0.2, 0) is 0 Å². The van der Waals surface area contributed by atoms with Gasteiger partial charge in [0.25, 0.3) is 5.91 Å². The first-order valence-corrected chi connectivity index (χ1v) is 22.5. The van der Waals surface area contributed by atoms with Crippen molar-refractivity contribution >= 4 is 33.4 Å². The van der Waals surface area contributed by atoms with Crippen molar-refractivity contribution in [1.82, 2.24) is 39.9 Å². The third-order valence-corrected chi connectivity index (χ3v) is 13.8. The number of hydrogen-bond acceptors (Lipinski definition) is 12. The molecule has 4 atom stereocenters. The largest absolute Gasteiger partial charge is 0.508 e. The van der Waals surface area contributed by atoms with Gasteiger partial charge in [-0.1, -0.05) is 50.1 Å². The van der Waals surface area contributed by atoms with E-state index in [-0.39, 0.29) is 52.2 Å². The van der Waals surface area contributed by atoms with Crippen molar-refractivity contribution in [3.05, 3.63) is 77.2 Å². The Balaban J connectivity index is 0.870. The summed E-state index contributed by atoms with van der Waals surface area (Å²) in [5.41, 5.74) is 2.53. The van der Waals surface area contributed by atoms with Crippen molar-refractivity contribution in [3.63, 3.8) is 0 Å². The molecule has 2 bridgehead atoms. The van der Waals surface area contributed by atoms with Crippen molar-refractivity contribution in [3.8, 4) is 41.1 Å². The molecule has 4 saturated heterocycles. The summed E-state index contributed by atoms with van der Waals surface area (Å²) < 4.78 is 23.5. The van der Waals surface area contributed by atoms with Crippen LogP contribution in [0, 0.1) is 18.2 Å². The highest BCUT2D eigenvalue weighted by molar-refractivity contribution is 6.02. The maximum absolute atomic E-state index is 17.0. The topological polar surface area (TPSA) is 134 Å². The second-order valence-corrected chi connectivity index (χ2v) is 18.0. The smallest absolute Gasteiger partial charge is 0.319 e. The number of benzene rings is 3. The van der Waals surface area contributed by atoms with E-state index >= 15 is 4.39 Å². The summed E-state index contributed by atoms with van der Waals surface area (Å²) in [7, 11) is 2.13. The quantitative estimate of drug-likeness (QED) is 0.134. The van der Waals surface area contributed by atoms with Crippen molar-refractivity contribution < 1.29 is 24.1 Å². The first-order valence-electron chi connectivity index (χ1n) is 22.5. The van der Waals surface area contributed by atoms with Gasteiger partial charge in [-0.15, -0.1) is 6.42 Å². The van der Waals surface area contributed by atoms with E-state index in [1.54, 1.807) is 17.2 Å². The molecule has 5 aromatic rings. The van der Waals surface area contributed by atoms with Gasteiger partial charge in [0.1, 0.15) is 35.1 Å². The number of likely N-dealkylation sites (N-methyl/N-ethyl adjacent to an activating group) is 2. The van der Waals surface area contributed by atoms with Gasteiger partial charge in [0.05, 0.1) is 10.9 Å². The number of nitrogens with one attached hydrogen (secondary N) is 1. The standard InChI is InChI=1S/C49H58FN9O4/c1-6-31-10-8-11-32-12-9-13-37(43(31)32)45-44(50)46-40(25-51-45)47(59-26-33-14-15-34(27-59)52-33)54-49(53-46)63-29-36-22-35(28-55(36)5)58-20-17-56(18-21-58)16-19-57(7-2)48(62)39-23-38(30(3)4)41(60)24-42(39)61/h1,8-13,23-25,30,33-36,52,60-61H,7,14-22,26-29H2,2-5H3/t33?,34?,35-,36-/m0/s1. The Hall–Kier alpha value is -5.59. The number of aromatic hydroxyl groups is 2. The Bertz CT molecular complexity index is 2540. The zero-order valence-electron chi connectivity index (χ0n) is 36.7. The molecular formula is C49H58FN9O4. The zero-order chi connectivity index (χ0) is 43.9. The van der Waals surface area contributed by atoms with E-state index in [0.29, 0.717) is 65.7 Å². The molecule has 0 radical (unpaired) electrons. The van der Waals surface area contributed by atoms with Crippen LogP contribution >= 0.6 is 0 Å². The molecular weight excluding hydrogens is 798 g/mol. The number of aromatic nitrogens is 3. The van der Waals surface area contributed by atoms with Gasteiger partial charge in [-0.3, -0.25) is 24.5 Å². The predicted octanol–water partition coefficient (Wildman–Crippen LogP) is 5.67. The number of carbonyl (C=O) groups is 1. The van der Waals surface area contributed by atoms with Gasteiger partial charge in [0.2, 0.25) is 0 Å². The first kappa shape index (κ1) is 42.7. The van der Waals surface area contributed by atoms with Gasteiger partial charge in [0.15, 0.2) is 5.82 Å². The lowest BCUT2D eigenvalue weighted by Crippen LogP contribution is -2.52. The highest BCUT2D eigenvalue weighted by atomic mass is 19.1. The number of pyridine rings is 1. The SMILES string of the molecule is C#Cc1cccc2cccc(-c3ncc4c(N5CC6CCC(C5)N6)nc(OC[C@@H]5C[C@H](N6CCN(CCN(CC)C(=O)c7cc(C(C)C)c(O)cc7O)CC6)CN5C)nc4c3F)c12. The molecule has 0 aliphatic carbocycles. The number of nitrogens with zero attached hydrogens (tertiary/aromatic N) is 8. The van der Waals surface area contributed by atoms with Crippen LogP contribution in [0.5, 0.6) is 17.5 Å². The lowest BCUT2D eigenvalue weighted by molar-refractivity contribution is 0.0682. The van der Waals surface area contributed by atoms with Gasteiger partial charge >= 0.3 is 6.01 Å². The van der Waals surface area contributed by atoms with Crippen LogP contribution in [0.1, 0.15) is 67.4 Å². The minimum Gasteiger partial charge on any atom is -0.508 e. The van der Waals surface area contributed by atoms with Gasteiger partial charge in [-0.25, -0.2) is 4.39 Å². The molecule has 4 fully saturated rings. The van der Waals surface area contributed by atoms with Crippen LogP contribution in [0.2, 0.25) is 0 Å². The van der Waals surface area contributed by atoms with Crippen LogP contribution in [0.4, 0.5) is 10.2 Å². The summed E-state index contributed by atoms with van der Waals surface area (Å²) in [4.78, 5) is 39.3. The van der Waals surface area contributed by atoms with E-state index < -0.39 is 5.82 Å². The lowest BCUT2D eigenvalue weighted by Gasteiger charge is -2.38. The summed E-state index contributed by atoms with van der Waals surface area (Å²) in [6, 6.07) is 15.7. The van der Waals surface area contributed by atoms with Crippen molar-refractivity contribution in [2.75, 3.05) is 84.0 Å². The average Bonchev–Trinajstić information content (AvgIpc) is 3.84. The third-order valence-electron chi connectivity index (χ3n) is 13.8. The molecule has 2 unspecified atom stereocenters. The molecule has 13 nitrogen and oxygen atoms in total. The van der Waals surface area contributed by atoms with E-state index in [1.807, 2.05) is 57.2 Å². The summed E-state index contributed by atoms with van der Waals surface area (Å²) in [5.74, 6) is 2.47. The minimum absolute atomic E-state index is 0.000211. The van der Waals surface area contributed by atoms with E-state index in [1.165, 1.54) is 6.07 Å². The van der Waals surface area contributed by atoms with Gasteiger partial charge in [-0.05, 0) is 62.2 Å². The van der Waals surface area contributed by atoms with E-state index in [0.717, 1.165) is 82.4 Å². The summed E-state index contributed by atoms with van der Waals surface area (Å²) in [6.07, 6.45) is 10.7. The van der Waals surface area contributed by atoms with E-state index in [2.05, 4.69) is 37.9 Å². The summed E-state index contributed by atoms with van der Waals surface area (Å²) >= 11 is 0. The van der Waals surface area contributed by atoms with E-state index in [9.17, 15) is 15.0 Å². The summed E-state index contributed by atoms with van der Waals surface area (Å²) in [5, 5.41) is 26.8. The first-order chi connectivity index (χ1) is 30.5. The molecule has 3 N–H and O–H groups in total. The van der Waals surface area contributed by atoms with Crippen molar-refractivity contribution in [2.45, 2.75) is 70.1 Å². The number of rotatable bonds is 12. The number of ether oxygens (including phenoxy) is 1. The number of piperazine rings is 2. The molecule has 6 heterocycles. The van der Waals surface area contributed by atoms with Crippen LogP contribution in [0.3, 0.4) is 0 Å². The normalized spacial score (nSPS) is 22.0. The molecule has 4 aliphatic rings. The Kier molecular flexibility index (Phi) is 12.1. The third kappa shape index (κ3) is 8.47. The molecule has 1 amide bonds. The molecule has 2 aromatic heterocycles. The van der Waals surface area contributed by atoms with Crippen molar-refractivity contribution in [1.29, 1.82) is 0 Å². The molecule has 3 aromatic carbocycles. The Morgan fingerprint density at radius 1 is 1.03 bits per heavy atom. The molecule has 0 spiro atoms. The minimum atomic E-state index is -0.526. The number of fused-ring (bicyclic) bond motifs is 4. The van der Waals surface area contributed by atoms with E-state index in [4.69, 9.17) is 26.1 Å². The fourth-order valence-corrected chi connectivity index (χ4v) is 10.2. The van der Waals surface area contributed by atoms with Gasteiger partial charge < -0.3 is 30.1 Å². The van der Waals surface area contributed by atoms with Crippen LogP contribution in [-0.4, -0.2) is 154 Å². The Labute approximate surface area is 368 Å². The number of anilines is 1. The van der Waals surface area contributed by atoms with Crippen LogP contribution in [0.15, 0.2) is 54.7 Å². The number of amides is 1. The monoisotopic (exact) mass is 855 g/mol. The average molecular weight is 856 g/mol. The molecule has 4 aliphatic heterocycles. The zero-order valence-corrected chi connectivity index (χ0v) is 36.7. The number of terminal acetylenes is 1. The maximum Gasteiger partial charge on any atom is 0.319 e. The second-order valence-electron chi connectivity index (χ2n) is 18.0. The number of likely N-dealkylation sites (tertiary alicyclic amines) is 1. The number of phenolic OH excluding ortho intramolecular Hbond substituents is 2. The lowest BCUT2D eigenvalue weighted by atomic mass is 9.97.